The first kappa shape index (κ1) is 12.6. The molecule has 0 atom stereocenters. The van der Waals surface area contributed by atoms with E-state index < -0.39 is 0 Å². The van der Waals surface area contributed by atoms with Crippen LogP contribution >= 0.6 is 11.8 Å². The first-order valence-corrected chi connectivity index (χ1v) is 6.66. The van der Waals surface area contributed by atoms with Gasteiger partial charge in [0.05, 0.1) is 0 Å². The second-order valence-electron chi connectivity index (χ2n) is 3.99. The van der Waals surface area contributed by atoms with Crippen LogP contribution in [0, 0.1) is 0 Å². The molecule has 0 aliphatic heterocycles. The van der Waals surface area contributed by atoms with E-state index >= 15 is 0 Å². The molecule has 0 saturated carbocycles. The van der Waals surface area contributed by atoms with Crippen LogP contribution in [0.25, 0.3) is 0 Å². The molecule has 15 heavy (non-hydrogen) atoms. The molecule has 0 bridgehead atoms. The lowest BCUT2D eigenvalue weighted by Gasteiger charge is -2.11. The molecular formula is C13H21NS. The van der Waals surface area contributed by atoms with E-state index in [-0.39, 0.29) is 0 Å². The Hall–Kier alpha value is -0.470. The van der Waals surface area contributed by atoms with E-state index in [0.717, 1.165) is 6.54 Å². The van der Waals surface area contributed by atoms with E-state index in [9.17, 15) is 0 Å². The van der Waals surface area contributed by atoms with Crippen LogP contribution in [0.2, 0.25) is 0 Å². The Morgan fingerprint density at radius 2 is 2.00 bits per heavy atom. The minimum absolute atomic E-state index is 0.550. The van der Waals surface area contributed by atoms with Gasteiger partial charge in [-0.2, -0.15) is 0 Å². The van der Waals surface area contributed by atoms with Gasteiger partial charge in [0, 0.05) is 17.5 Å². The van der Waals surface area contributed by atoms with Crippen molar-refractivity contribution in [2.75, 3.05) is 5.75 Å². The highest BCUT2D eigenvalue weighted by atomic mass is 32.2. The van der Waals surface area contributed by atoms with Gasteiger partial charge in [0.15, 0.2) is 0 Å². The average Bonchev–Trinajstić information content (AvgIpc) is 2.24. The highest BCUT2D eigenvalue weighted by Crippen LogP contribution is 2.23. The fourth-order valence-electron chi connectivity index (χ4n) is 1.32. The molecule has 0 aromatic heterocycles. The summed E-state index contributed by atoms with van der Waals surface area (Å²) in [6.07, 6.45) is 1.23. The number of thioether (sulfide) groups is 1. The smallest absolute Gasteiger partial charge is 0.0218 e. The van der Waals surface area contributed by atoms with Crippen LogP contribution in [0.5, 0.6) is 0 Å². The number of hydrogen-bond donors (Lipinski definition) is 1. The quantitative estimate of drug-likeness (QED) is 0.738. The molecule has 0 amide bonds. The maximum atomic E-state index is 3.47. The second kappa shape index (κ2) is 6.91. The standard InChI is InChI=1S/C13H21NS/c1-4-9-15-13-8-6-5-7-12(13)10-14-11(2)3/h5-8,11,14H,4,9-10H2,1-3H3. The van der Waals surface area contributed by atoms with Crippen molar-refractivity contribution < 1.29 is 0 Å². The first-order chi connectivity index (χ1) is 7.24. The van der Waals surface area contributed by atoms with Gasteiger partial charge in [0.2, 0.25) is 0 Å². The van der Waals surface area contributed by atoms with Gasteiger partial charge in [-0.25, -0.2) is 0 Å². The molecule has 84 valence electrons. The van der Waals surface area contributed by atoms with Crippen molar-refractivity contribution in [2.45, 2.75) is 44.7 Å². The molecule has 1 N–H and O–H groups in total. The van der Waals surface area contributed by atoms with Gasteiger partial charge in [0.1, 0.15) is 0 Å². The van der Waals surface area contributed by atoms with Crippen molar-refractivity contribution in [3.63, 3.8) is 0 Å². The third-order valence-electron chi connectivity index (χ3n) is 2.14. The summed E-state index contributed by atoms with van der Waals surface area (Å²) in [6, 6.07) is 9.23. The molecule has 0 unspecified atom stereocenters. The van der Waals surface area contributed by atoms with Crippen LogP contribution < -0.4 is 5.32 Å². The maximum Gasteiger partial charge on any atom is 0.0218 e. The summed E-state index contributed by atoms with van der Waals surface area (Å²) >= 11 is 1.96. The van der Waals surface area contributed by atoms with Gasteiger partial charge < -0.3 is 5.32 Å². The normalized spacial score (nSPS) is 10.9. The summed E-state index contributed by atoms with van der Waals surface area (Å²) in [5, 5.41) is 3.47. The fourth-order valence-corrected chi connectivity index (χ4v) is 2.24. The van der Waals surface area contributed by atoms with Gasteiger partial charge >= 0.3 is 0 Å². The molecule has 0 aliphatic rings. The first-order valence-electron chi connectivity index (χ1n) is 5.68. The Morgan fingerprint density at radius 1 is 1.27 bits per heavy atom. The maximum absolute atomic E-state index is 3.47. The molecule has 1 aromatic carbocycles. The number of rotatable bonds is 6. The minimum atomic E-state index is 0.550. The minimum Gasteiger partial charge on any atom is -0.310 e. The summed E-state index contributed by atoms with van der Waals surface area (Å²) in [5.74, 6) is 1.21. The van der Waals surface area contributed by atoms with Gasteiger partial charge in [-0.3, -0.25) is 0 Å². The van der Waals surface area contributed by atoms with E-state index in [1.165, 1.54) is 22.6 Å². The monoisotopic (exact) mass is 223 g/mol. The summed E-state index contributed by atoms with van der Waals surface area (Å²) in [4.78, 5) is 1.42. The predicted molar refractivity (Wildman–Crippen MR) is 69.4 cm³/mol. The third-order valence-corrected chi connectivity index (χ3v) is 3.46. The fraction of sp³-hybridized carbons (Fsp3) is 0.538. The van der Waals surface area contributed by atoms with Crippen molar-refractivity contribution in [1.82, 2.24) is 5.32 Å². The van der Waals surface area contributed by atoms with Crippen LogP contribution in [0.4, 0.5) is 0 Å². The van der Waals surface area contributed by atoms with Crippen molar-refractivity contribution in [3.8, 4) is 0 Å². The second-order valence-corrected chi connectivity index (χ2v) is 5.13. The van der Waals surface area contributed by atoms with Gasteiger partial charge in [-0.05, 0) is 23.8 Å². The number of benzene rings is 1. The summed E-state index contributed by atoms with van der Waals surface area (Å²) in [5.41, 5.74) is 1.42. The van der Waals surface area contributed by atoms with Crippen molar-refractivity contribution in [1.29, 1.82) is 0 Å². The highest BCUT2D eigenvalue weighted by molar-refractivity contribution is 7.99. The zero-order chi connectivity index (χ0) is 11.1. The van der Waals surface area contributed by atoms with Crippen molar-refractivity contribution >= 4 is 11.8 Å². The highest BCUT2D eigenvalue weighted by Gasteiger charge is 2.02. The largest absolute Gasteiger partial charge is 0.310 e. The van der Waals surface area contributed by atoms with Crippen LogP contribution in [0.3, 0.4) is 0 Å². The lowest BCUT2D eigenvalue weighted by atomic mass is 10.2. The van der Waals surface area contributed by atoms with Crippen LogP contribution in [-0.2, 0) is 6.54 Å². The van der Waals surface area contributed by atoms with Gasteiger partial charge in [-0.15, -0.1) is 11.8 Å². The molecule has 2 heteroatoms. The molecule has 0 aliphatic carbocycles. The zero-order valence-electron chi connectivity index (χ0n) is 9.92. The van der Waals surface area contributed by atoms with Crippen molar-refractivity contribution in [2.24, 2.45) is 0 Å². The average molecular weight is 223 g/mol. The molecule has 0 fully saturated rings. The summed E-state index contributed by atoms with van der Waals surface area (Å²) in [6.45, 7) is 7.57. The van der Waals surface area contributed by atoms with E-state index in [1.807, 2.05) is 11.8 Å². The van der Waals surface area contributed by atoms with Gasteiger partial charge in [-0.1, -0.05) is 39.0 Å². The van der Waals surface area contributed by atoms with E-state index in [4.69, 9.17) is 0 Å². The Labute approximate surface area is 97.7 Å². The SMILES string of the molecule is CCCSc1ccccc1CNC(C)C. The lowest BCUT2D eigenvalue weighted by molar-refractivity contribution is 0.585. The van der Waals surface area contributed by atoms with Crippen LogP contribution in [-0.4, -0.2) is 11.8 Å². The molecule has 1 aromatic rings. The van der Waals surface area contributed by atoms with Crippen LogP contribution in [0.15, 0.2) is 29.2 Å². The van der Waals surface area contributed by atoms with Crippen molar-refractivity contribution in [3.05, 3.63) is 29.8 Å². The van der Waals surface area contributed by atoms with E-state index in [2.05, 4.69) is 50.4 Å². The van der Waals surface area contributed by atoms with E-state index in [1.54, 1.807) is 0 Å². The molecular weight excluding hydrogens is 202 g/mol. The van der Waals surface area contributed by atoms with Crippen LogP contribution in [0.1, 0.15) is 32.8 Å². The number of hydrogen-bond acceptors (Lipinski definition) is 2. The Bertz CT molecular complexity index is 284. The Balaban J connectivity index is 2.59. The Morgan fingerprint density at radius 3 is 2.67 bits per heavy atom. The molecule has 0 radical (unpaired) electrons. The molecule has 0 spiro atoms. The molecule has 1 nitrogen and oxygen atoms in total. The molecule has 0 saturated heterocycles. The lowest BCUT2D eigenvalue weighted by Crippen LogP contribution is -2.22. The predicted octanol–water partition coefficient (Wildman–Crippen LogP) is 3.69. The molecule has 0 heterocycles. The van der Waals surface area contributed by atoms with E-state index in [0.29, 0.717) is 6.04 Å². The summed E-state index contributed by atoms with van der Waals surface area (Å²) < 4.78 is 0. The Kier molecular flexibility index (Phi) is 5.81. The zero-order valence-corrected chi connectivity index (χ0v) is 10.7. The molecule has 1 rings (SSSR count). The van der Waals surface area contributed by atoms with Gasteiger partial charge in [0.25, 0.3) is 0 Å². The number of nitrogens with one attached hydrogen (secondary N) is 1. The summed E-state index contributed by atoms with van der Waals surface area (Å²) in [7, 11) is 0. The topological polar surface area (TPSA) is 12.0 Å². The third kappa shape index (κ3) is 4.72.